The lowest BCUT2D eigenvalue weighted by atomic mass is 10.1. The van der Waals surface area contributed by atoms with Gasteiger partial charge in [-0.25, -0.2) is 8.42 Å². The molecule has 0 radical (unpaired) electrons. The lowest BCUT2D eigenvalue weighted by Crippen LogP contribution is -2.33. The van der Waals surface area contributed by atoms with E-state index in [1.54, 1.807) is 29.2 Å². The van der Waals surface area contributed by atoms with Gasteiger partial charge in [-0.2, -0.15) is 0 Å². The number of halogens is 1. The maximum absolute atomic E-state index is 12.7. The number of carbonyl (C=O) groups excluding carboxylic acids is 1. The lowest BCUT2D eigenvalue weighted by molar-refractivity contribution is -0.130. The van der Waals surface area contributed by atoms with Gasteiger partial charge in [0.15, 0.2) is 9.84 Å². The Morgan fingerprint density at radius 2 is 1.93 bits per heavy atom. The van der Waals surface area contributed by atoms with E-state index in [-0.39, 0.29) is 18.2 Å². The number of carbonyl (C=O) groups is 1. The number of aryl methyl sites for hydroxylation is 2. The van der Waals surface area contributed by atoms with Crippen LogP contribution in [0.5, 0.6) is 0 Å². The van der Waals surface area contributed by atoms with Gasteiger partial charge in [0.25, 0.3) is 0 Å². The van der Waals surface area contributed by atoms with Gasteiger partial charge in [0.2, 0.25) is 5.91 Å². The molecule has 0 N–H and O–H groups in total. The van der Waals surface area contributed by atoms with E-state index in [4.69, 9.17) is 11.6 Å². The van der Waals surface area contributed by atoms with Gasteiger partial charge in [-0.1, -0.05) is 59.6 Å². The second-order valence-electron chi connectivity index (χ2n) is 7.04. The van der Waals surface area contributed by atoms with E-state index in [0.717, 1.165) is 5.56 Å². The summed E-state index contributed by atoms with van der Waals surface area (Å²) < 4.78 is 25.5. The topological polar surface area (TPSA) is 54.5 Å². The Balaban J connectivity index is 1.68. The van der Waals surface area contributed by atoms with E-state index < -0.39 is 15.1 Å². The van der Waals surface area contributed by atoms with Crippen molar-refractivity contribution in [2.75, 3.05) is 18.8 Å². The molecule has 0 saturated carbocycles. The minimum Gasteiger partial charge on any atom is -0.342 e. The molecule has 1 atom stereocenters. The molecule has 1 heterocycles. The number of rotatable bonds is 4. The summed E-state index contributed by atoms with van der Waals surface area (Å²) in [4.78, 5) is 14.3. The zero-order valence-corrected chi connectivity index (χ0v) is 17.0. The summed E-state index contributed by atoms with van der Waals surface area (Å²) in [6.07, 6.45) is 1.43. The number of amides is 1. The van der Waals surface area contributed by atoms with E-state index >= 15 is 0 Å². The fraction of sp³-hybridized carbons (Fsp3) is 0.381. The highest BCUT2D eigenvalue weighted by molar-refractivity contribution is 7.91. The Kier molecular flexibility index (Phi) is 6.22. The first kappa shape index (κ1) is 19.9. The average Bonchev–Trinajstić information content (AvgIpc) is 2.78. The van der Waals surface area contributed by atoms with Crippen LogP contribution in [0.1, 0.15) is 34.8 Å². The van der Waals surface area contributed by atoms with Crippen molar-refractivity contribution in [1.29, 1.82) is 0 Å². The molecule has 1 unspecified atom stereocenters. The van der Waals surface area contributed by atoms with Crippen molar-refractivity contribution >= 4 is 27.3 Å². The third-order valence-corrected chi connectivity index (χ3v) is 7.51. The minimum absolute atomic E-state index is 0.00603. The highest BCUT2D eigenvalue weighted by atomic mass is 35.5. The van der Waals surface area contributed by atoms with Gasteiger partial charge in [0.05, 0.1) is 11.0 Å². The van der Waals surface area contributed by atoms with Gasteiger partial charge in [0.1, 0.15) is 0 Å². The molecule has 1 saturated heterocycles. The maximum Gasteiger partial charge on any atom is 0.222 e. The average molecular weight is 406 g/mol. The molecule has 0 spiro atoms. The summed E-state index contributed by atoms with van der Waals surface area (Å²) in [7, 11) is -3.35. The Labute approximate surface area is 166 Å². The number of hydrogen-bond donors (Lipinski definition) is 0. The molecule has 1 fully saturated rings. The summed E-state index contributed by atoms with van der Waals surface area (Å²) >= 11 is 6.22. The van der Waals surface area contributed by atoms with Gasteiger partial charge in [-0.15, -0.1) is 0 Å². The maximum atomic E-state index is 12.7. The van der Waals surface area contributed by atoms with Crippen LogP contribution in [0.3, 0.4) is 0 Å². The molecule has 27 heavy (non-hydrogen) atoms. The first-order chi connectivity index (χ1) is 12.9. The molecule has 2 aromatic rings. The molecule has 144 valence electrons. The fourth-order valence-corrected chi connectivity index (χ4v) is 5.70. The normalized spacial score (nSPS) is 19.5. The van der Waals surface area contributed by atoms with Crippen LogP contribution in [0, 0.1) is 6.92 Å². The zero-order chi connectivity index (χ0) is 19.4. The summed E-state index contributed by atoms with van der Waals surface area (Å²) in [5.41, 5.74) is 2.93. The molecule has 0 bridgehead atoms. The summed E-state index contributed by atoms with van der Waals surface area (Å²) in [5.74, 6) is -0.0227. The zero-order valence-electron chi connectivity index (χ0n) is 15.4. The first-order valence-electron chi connectivity index (χ1n) is 9.16. The second-order valence-corrected chi connectivity index (χ2v) is 9.75. The molecule has 1 amide bonds. The van der Waals surface area contributed by atoms with Crippen molar-refractivity contribution in [3.8, 4) is 0 Å². The first-order valence-corrected chi connectivity index (χ1v) is 11.3. The SMILES string of the molecule is Cc1cccc(CCC(=O)N2CCC(c3ccccc3Cl)S(=O)(=O)CC2)c1. The molecule has 0 aliphatic carbocycles. The van der Waals surface area contributed by atoms with Crippen LogP contribution in [0.4, 0.5) is 0 Å². The molecular weight excluding hydrogens is 382 g/mol. The highest BCUT2D eigenvalue weighted by Crippen LogP contribution is 2.33. The largest absolute Gasteiger partial charge is 0.342 e. The van der Waals surface area contributed by atoms with Crippen molar-refractivity contribution in [2.24, 2.45) is 0 Å². The number of sulfone groups is 1. The van der Waals surface area contributed by atoms with Crippen molar-refractivity contribution < 1.29 is 13.2 Å². The minimum atomic E-state index is -3.35. The molecule has 1 aliphatic heterocycles. The van der Waals surface area contributed by atoms with Gasteiger partial charge < -0.3 is 4.90 Å². The lowest BCUT2D eigenvalue weighted by Gasteiger charge is -2.20. The van der Waals surface area contributed by atoms with Gasteiger partial charge in [-0.3, -0.25) is 4.79 Å². The Bertz CT molecular complexity index is 927. The predicted octanol–water partition coefficient (Wildman–Crippen LogP) is 3.97. The Hall–Kier alpha value is -1.85. The van der Waals surface area contributed by atoms with Crippen LogP contribution < -0.4 is 0 Å². The van der Waals surface area contributed by atoms with E-state index in [9.17, 15) is 13.2 Å². The van der Waals surface area contributed by atoms with Crippen LogP contribution in [0.2, 0.25) is 5.02 Å². The standard InChI is InChI=1S/C21H24ClNO3S/c1-16-5-4-6-17(15-16)9-10-21(24)23-12-11-20(27(25,26)14-13-23)18-7-2-3-8-19(18)22/h2-8,15,20H,9-14H2,1H3. The fourth-order valence-electron chi connectivity index (χ4n) is 3.56. The third kappa shape index (κ3) is 4.90. The number of benzene rings is 2. The van der Waals surface area contributed by atoms with Crippen molar-refractivity contribution in [2.45, 2.75) is 31.4 Å². The molecule has 2 aromatic carbocycles. The molecular formula is C21H24ClNO3S. The van der Waals surface area contributed by atoms with Gasteiger partial charge >= 0.3 is 0 Å². The summed E-state index contributed by atoms with van der Waals surface area (Å²) in [6, 6.07) is 15.2. The monoisotopic (exact) mass is 405 g/mol. The number of nitrogens with zero attached hydrogens (tertiary/aromatic N) is 1. The van der Waals surface area contributed by atoms with E-state index in [1.165, 1.54) is 5.56 Å². The van der Waals surface area contributed by atoms with Gasteiger partial charge in [0, 0.05) is 24.5 Å². The Morgan fingerprint density at radius 1 is 1.15 bits per heavy atom. The second kappa shape index (κ2) is 8.44. The van der Waals surface area contributed by atoms with Crippen molar-refractivity contribution in [1.82, 2.24) is 4.90 Å². The van der Waals surface area contributed by atoms with E-state index in [2.05, 4.69) is 6.07 Å². The molecule has 1 aliphatic rings. The van der Waals surface area contributed by atoms with Crippen LogP contribution >= 0.6 is 11.6 Å². The quantitative estimate of drug-likeness (QED) is 0.773. The molecule has 3 rings (SSSR count). The Morgan fingerprint density at radius 3 is 2.67 bits per heavy atom. The molecule has 4 nitrogen and oxygen atoms in total. The van der Waals surface area contributed by atoms with E-state index in [0.29, 0.717) is 36.4 Å². The summed E-state index contributed by atoms with van der Waals surface area (Å²) in [6.45, 7) is 2.71. The third-order valence-electron chi connectivity index (χ3n) is 5.06. The van der Waals surface area contributed by atoms with Crippen LogP contribution in [0.25, 0.3) is 0 Å². The molecule has 6 heteroatoms. The smallest absolute Gasteiger partial charge is 0.222 e. The predicted molar refractivity (Wildman–Crippen MR) is 109 cm³/mol. The summed E-state index contributed by atoms with van der Waals surface area (Å²) in [5, 5.41) is -0.189. The van der Waals surface area contributed by atoms with Gasteiger partial charge in [-0.05, 0) is 37.0 Å². The van der Waals surface area contributed by atoms with Crippen LogP contribution in [-0.2, 0) is 21.1 Å². The van der Waals surface area contributed by atoms with E-state index in [1.807, 2.05) is 25.1 Å². The van der Waals surface area contributed by atoms with Crippen LogP contribution in [0.15, 0.2) is 48.5 Å². The van der Waals surface area contributed by atoms with Crippen molar-refractivity contribution in [3.05, 3.63) is 70.2 Å². The molecule has 0 aromatic heterocycles. The highest BCUT2D eigenvalue weighted by Gasteiger charge is 2.33. The number of hydrogen-bond acceptors (Lipinski definition) is 3. The van der Waals surface area contributed by atoms with Crippen molar-refractivity contribution in [3.63, 3.8) is 0 Å². The van der Waals surface area contributed by atoms with Crippen LogP contribution in [-0.4, -0.2) is 38.1 Å².